The average Bonchev–Trinajstić information content (AvgIpc) is 2.46. The van der Waals surface area contributed by atoms with Crippen molar-refractivity contribution in [2.45, 2.75) is 18.4 Å². The van der Waals surface area contributed by atoms with E-state index in [1.807, 2.05) is 0 Å². The van der Waals surface area contributed by atoms with Crippen LogP contribution in [-0.4, -0.2) is 42.3 Å². The van der Waals surface area contributed by atoms with E-state index in [4.69, 9.17) is 5.53 Å². The summed E-state index contributed by atoms with van der Waals surface area (Å²) in [6, 6.07) is -1.23. The van der Waals surface area contributed by atoms with Crippen LogP contribution >= 0.6 is 0 Å². The van der Waals surface area contributed by atoms with Gasteiger partial charge >= 0.3 is 12.1 Å². The fourth-order valence-corrected chi connectivity index (χ4v) is 1.27. The first-order valence-corrected chi connectivity index (χ1v) is 3.90. The fourth-order valence-electron chi connectivity index (χ4n) is 1.27. The molecule has 1 saturated heterocycles. The number of alkyl halides is 4. The molecule has 0 aromatic rings. The Morgan fingerprint density at radius 1 is 1.47 bits per heavy atom. The lowest BCUT2D eigenvalue weighted by Gasteiger charge is -2.16. The molecule has 2 atom stereocenters. The molecule has 0 aromatic heterocycles. The van der Waals surface area contributed by atoms with Gasteiger partial charge in [0.2, 0.25) is 0 Å². The van der Waals surface area contributed by atoms with Gasteiger partial charge in [-0.15, -0.1) is 0 Å². The summed E-state index contributed by atoms with van der Waals surface area (Å²) >= 11 is 0. The molecular weight excluding hydrogens is 220 g/mol. The highest BCUT2D eigenvalue weighted by Crippen LogP contribution is 2.24. The molecule has 0 aliphatic carbocycles. The molecule has 1 rings (SSSR count). The molecule has 0 radical (unpaired) electrons. The van der Waals surface area contributed by atoms with Crippen molar-refractivity contribution in [3.8, 4) is 0 Å². The zero-order valence-electron chi connectivity index (χ0n) is 7.28. The van der Waals surface area contributed by atoms with Gasteiger partial charge in [-0.2, -0.15) is 13.2 Å². The van der Waals surface area contributed by atoms with Crippen LogP contribution in [0.15, 0.2) is 5.11 Å². The van der Waals surface area contributed by atoms with Gasteiger partial charge in [0.05, 0.1) is 12.6 Å². The summed E-state index contributed by atoms with van der Waals surface area (Å²) in [4.78, 5) is 13.2. The minimum Gasteiger partial charge on any atom is -0.331 e. The van der Waals surface area contributed by atoms with E-state index in [0.717, 1.165) is 0 Å². The molecule has 9 heteroatoms. The van der Waals surface area contributed by atoms with Crippen LogP contribution in [0.2, 0.25) is 0 Å². The van der Waals surface area contributed by atoms with Crippen LogP contribution in [0, 0.1) is 0 Å². The lowest BCUT2D eigenvalue weighted by Crippen LogP contribution is -2.40. The van der Waals surface area contributed by atoms with Gasteiger partial charge in [0.1, 0.15) is 6.17 Å². The summed E-state index contributed by atoms with van der Waals surface area (Å²) in [7, 11) is 0. The van der Waals surface area contributed by atoms with Crippen molar-refractivity contribution >= 4 is 5.91 Å². The summed E-state index contributed by atoms with van der Waals surface area (Å²) in [5, 5.41) is 2.96. The Bertz CT molecular complexity index is 311. The maximum absolute atomic E-state index is 12.9. The molecule has 0 saturated carbocycles. The zero-order chi connectivity index (χ0) is 11.6. The number of nitrogens with zero attached hydrogens (tertiary/aromatic N) is 4. The van der Waals surface area contributed by atoms with Crippen molar-refractivity contribution in [3.63, 3.8) is 0 Å². The minimum atomic E-state index is -5.02. The number of carbonyl (C=O) groups is 1. The molecular formula is C6H6F4N4O. The number of rotatable bonds is 1. The summed E-state index contributed by atoms with van der Waals surface area (Å²) in [5.41, 5.74) is 8.00. The number of hydrogen-bond acceptors (Lipinski definition) is 2. The highest BCUT2D eigenvalue weighted by Gasteiger charge is 2.47. The second-order valence-electron chi connectivity index (χ2n) is 3.00. The van der Waals surface area contributed by atoms with E-state index in [0.29, 0.717) is 4.90 Å². The molecule has 84 valence electrons. The monoisotopic (exact) mass is 226 g/mol. The van der Waals surface area contributed by atoms with Gasteiger partial charge in [0.25, 0.3) is 0 Å². The Morgan fingerprint density at radius 3 is 2.53 bits per heavy atom. The molecule has 1 amide bonds. The molecule has 1 aliphatic heterocycles. The van der Waals surface area contributed by atoms with E-state index in [1.54, 1.807) is 0 Å². The largest absolute Gasteiger partial charge is 0.471 e. The van der Waals surface area contributed by atoms with Gasteiger partial charge in [-0.25, -0.2) is 4.39 Å². The third-order valence-electron chi connectivity index (χ3n) is 1.95. The van der Waals surface area contributed by atoms with Gasteiger partial charge in [0.15, 0.2) is 0 Å². The Labute approximate surface area is 81.3 Å². The second-order valence-corrected chi connectivity index (χ2v) is 3.00. The highest BCUT2D eigenvalue weighted by atomic mass is 19.4. The second kappa shape index (κ2) is 3.93. The number of halogens is 4. The lowest BCUT2D eigenvalue weighted by atomic mass is 10.2. The third-order valence-corrected chi connectivity index (χ3v) is 1.95. The number of carbonyl (C=O) groups excluding carboxylic acids is 1. The minimum absolute atomic E-state index is 0.296. The number of amides is 1. The predicted octanol–water partition coefficient (Wildman–Crippen LogP) is 1.41. The molecule has 0 spiro atoms. The Hall–Kier alpha value is -1.50. The van der Waals surface area contributed by atoms with Crippen LogP contribution in [0.4, 0.5) is 17.6 Å². The van der Waals surface area contributed by atoms with Crippen LogP contribution in [0.1, 0.15) is 0 Å². The Kier molecular flexibility index (Phi) is 3.04. The Balaban J connectivity index is 2.70. The summed E-state index contributed by atoms with van der Waals surface area (Å²) in [5.74, 6) is -2.11. The van der Waals surface area contributed by atoms with E-state index in [2.05, 4.69) is 10.0 Å². The predicted molar refractivity (Wildman–Crippen MR) is 40.5 cm³/mol. The van der Waals surface area contributed by atoms with Crippen LogP contribution in [-0.2, 0) is 4.79 Å². The highest BCUT2D eigenvalue weighted by molar-refractivity contribution is 5.82. The molecule has 1 fully saturated rings. The molecule has 0 N–H and O–H groups in total. The quantitative estimate of drug-likeness (QED) is 0.288. The van der Waals surface area contributed by atoms with Gasteiger partial charge in [-0.1, -0.05) is 5.11 Å². The molecule has 5 nitrogen and oxygen atoms in total. The fraction of sp³-hybridized carbons (Fsp3) is 0.833. The summed E-state index contributed by atoms with van der Waals surface area (Å²) in [6.07, 6.45) is -6.77. The average molecular weight is 226 g/mol. The van der Waals surface area contributed by atoms with Crippen LogP contribution in [0.25, 0.3) is 10.4 Å². The van der Waals surface area contributed by atoms with Gasteiger partial charge in [0, 0.05) is 11.5 Å². The molecule has 15 heavy (non-hydrogen) atoms. The van der Waals surface area contributed by atoms with Crippen molar-refractivity contribution in [2.24, 2.45) is 5.11 Å². The number of azide groups is 1. The number of hydrogen-bond donors (Lipinski definition) is 0. The zero-order valence-corrected chi connectivity index (χ0v) is 7.28. The first-order chi connectivity index (χ1) is 6.86. The molecule has 0 unspecified atom stereocenters. The van der Waals surface area contributed by atoms with Crippen molar-refractivity contribution in [2.75, 3.05) is 13.1 Å². The maximum Gasteiger partial charge on any atom is 0.471 e. The topological polar surface area (TPSA) is 69.1 Å². The van der Waals surface area contributed by atoms with Crippen LogP contribution in [0.3, 0.4) is 0 Å². The smallest absolute Gasteiger partial charge is 0.331 e. The van der Waals surface area contributed by atoms with E-state index in [1.165, 1.54) is 0 Å². The standard InChI is InChI=1S/C6H6F4N4O/c7-3-1-14(2-4(3)12-13-11)5(15)6(8,9)10/h3-4H,1-2H2/t3-,4+/m1/s1. The van der Waals surface area contributed by atoms with E-state index in [-0.39, 0.29) is 0 Å². The molecule has 1 heterocycles. The number of likely N-dealkylation sites (tertiary alicyclic amines) is 1. The summed E-state index contributed by atoms with van der Waals surface area (Å²) < 4.78 is 48.7. The summed E-state index contributed by atoms with van der Waals surface area (Å²) in [6.45, 7) is -1.23. The molecule has 1 aliphatic rings. The van der Waals surface area contributed by atoms with Gasteiger partial charge in [-0.05, 0) is 5.53 Å². The van der Waals surface area contributed by atoms with Crippen LogP contribution in [0.5, 0.6) is 0 Å². The maximum atomic E-state index is 12.9. The van der Waals surface area contributed by atoms with E-state index in [9.17, 15) is 22.4 Å². The van der Waals surface area contributed by atoms with Crippen molar-refractivity contribution in [1.29, 1.82) is 0 Å². The SMILES string of the molecule is [N-]=[N+]=N[C@H]1CN(C(=O)C(F)(F)F)C[C@H]1F. The van der Waals surface area contributed by atoms with Gasteiger partial charge < -0.3 is 4.90 Å². The normalized spacial score (nSPS) is 26.3. The van der Waals surface area contributed by atoms with Gasteiger partial charge in [-0.3, -0.25) is 4.79 Å². The van der Waals surface area contributed by atoms with Crippen molar-refractivity contribution < 1.29 is 22.4 Å². The van der Waals surface area contributed by atoms with E-state index < -0.39 is 37.4 Å². The lowest BCUT2D eigenvalue weighted by molar-refractivity contribution is -0.184. The van der Waals surface area contributed by atoms with Crippen LogP contribution < -0.4 is 0 Å². The Morgan fingerprint density at radius 2 is 2.07 bits per heavy atom. The molecule has 0 aromatic carbocycles. The van der Waals surface area contributed by atoms with Crippen molar-refractivity contribution in [3.05, 3.63) is 10.4 Å². The van der Waals surface area contributed by atoms with Crippen molar-refractivity contribution in [1.82, 2.24) is 4.90 Å². The first kappa shape index (κ1) is 11.6. The third kappa shape index (κ3) is 2.50. The molecule has 0 bridgehead atoms. The van der Waals surface area contributed by atoms with E-state index >= 15 is 0 Å². The first-order valence-electron chi connectivity index (χ1n) is 3.90.